The standard InChI is InChI=1S/C15H26N2O/c1-14(2)12(15(14,3)4)13(18)17-10-5-6-11(17)8-9(16)7-10/h9-12H,5-8,16H2,1-4H3. The van der Waals surface area contributed by atoms with Crippen molar-refractivity contribution in [2.45, 2.75) is 71.5 Å². The number of fused-ring (bicyclic) bond motifs is 2. The van der Waals surface area contributed by atoms with E-state index in [1.165, 1.54) is 0 Å². The second-order valence-corrected chi connectivity index (χ2v) is 7.74. The highest BCUT2D eigenvalue weighted by molar-refractivity contribution is 5.85. The normalized spacial score (nSPS) is 40.9. The van der Waals surface area contributed by atoms with E-state index < -0.39 is 0 Å². The summed E-state index contributed by atoms with van der Waals surface area (Å²) in [5, 5.41) is 0. The first-order valence-corrected chi connectivity index (χ1v) is 7.34. The summed E-state index contributed by atoms with van der Waals surface area (Å²) in [5.41, 5.74) is 6.39. The minimum atomic E-state index is 0.156. The second-order valence-electron chi connectivity index (χ2n) is 7.74. The van der Waals surface area contributed by atoms with E-state index in [1.807, 2.05) is 0 Å². The molecule has 2 aliphatic heterocycles. The van der Waals surface area contributed by atoms with Gasteiger partial charge in [0.1, 0.15) is 0 Å². The monoisotopic (exact) mass is 250 g/mol. The number of carbonyl (C=O) groups excluding carboxylic acids is 1. The highest BCUT2D eigenvalue weighted by Gasteiger charge is 2.69. The van der Waals surface area contributed by atoms with Crippen LogP contribution < -0.4 is 5.73 Å². The number of hydrogen-bond donors (Lipinski definition) is 1. The topological polar surface area (TPSA) is 46.3 Å². The van der Waals surface area contributed by atoms with E-state index in [0.29, 0.717) is 24.0 Å². The first-order chi connectivity index (χ1) is 8.26. The molecule has 0 radical (unpaired) electrons. The van der Waals surface area contributed by atoms with E-state index in [2.05, 4.69) is 32.6 Å². The van der Waals surface area contributed by atoms with Crippen molar-refractivity contribution >= 4 is 5.91 Å². The van der Waals surface area contributed by atoms with Gasteiger partial charge in [0.25, 0.3) is 0 Å². The van der Waals surface area contributed by atoms with Crippen LogP contribution in [0.4, 0.5) is 0 Å². The van der Waals surface area contributed by atoms with Gasteiger partial charge in [-0.1, -0.05) is 27.7 Å². The number of hydrogen-bond acceptors (Lipinski definition) is 2. The average Bonchev–Trinajstić information content (AvgIpc) is 2.50. The van der Waals surface area contributed by atoms with Crippen LogP contribution in [0.3, 0.4) is 0 Å². The molecule has 3 nitrogen and oxygen atoms in total. The van der Waals surface area contributed by atoms with E-state index >= 15 is 0 Å². The van der Waals surface area contributed by atoms with Crippen LogP contribution in [-0.4, -0.2) is 28.9 Å². The third kappa shape index (κ3) is 1.43. The molecule has 18 heavy (non-hydrogen) atoms. The van der Waals surface area contributed by atoms with Crippen molar-refractivity contribution in [3.8, 4) is 0 Å². The van der Waals surface area contributed by atoms with Crippen molar-refractivity contribution in [2.75, 3.05) is 0 Å². The summed E-state index contributed by atoms with van der Waals surface area (Å²) in [6.45, 7) is 8.92. The van der Waals surface area contributed by atoms with Crippen molar-refractivity contribution in [1.29, 1.82) is 0 Å². The zero-order chi connectivity index (χ0) is 13.3. The minimum absolute atomic E-state index is 0.156. The van der Waals surface area contributed by atoms with Crippen LogP contribution >= 0.6 is 0 Å². The molecule has 0 aromatic carbocycles. The van der Waals surface area contributed by atoms with E-state index in [0.717, 1.165) is 25.7 Å². The Morgan fingerprint density at radius 2 is 1.50 bits per heavy atom. The molecule has 102 valence electrons. The fourth-order valence-electron chi connectivity index (χ4n) is 4.54. The van der Waals surface area contributed by atoms with Crippen molar-refractivity contribution in [3.05, 3.63) is 0 Å². The molecule has 3 heteroatoms. The first kappa shape index (κ1) is 12.5. The molecule has 2 bridgehead atoms. The first-order valence-electron chi connectivity index (χ1n) is 7.34. The van der Waals surface area contributed by atoms with Gasteiger partial charge >= 0.3 is 0 Å². The Balaban J connectivity index is 1.80. The van der Waals surface area contributed by atoms with Gasteiger partial charge in [0.05, 0.1) is 0 Å². The lowest BCUT2D eigenvalue weighted by molar-refractivity contribution is -0.138. The molecular weight excluding hydrogens is 224 g/mol. The lowest BCUT2D eigenvalue weighted by atomic mass is 9.97. The summed E-state index contributed by atoms with van der Waals surface area (Å²) >= 11 is 0. The van der Waals surface area contributed by atoms with Gasteiger partial charge < -0.3 is 10.6 Å². The highest BCUT2D eigenvalue weighted by atomic mass is 16.2. The van der Waals surface area contributed by atoms with E-state index in [1.54, 1.807) is 0 Å². The van der Waals surface area contributed by atoms with Crippen LogP contribution in [0, 0.1) is 16.7 Å². The molecule has 2 heterocycles. The van der Waals surface area contributed by atoms with Crippen molar-refractivity contribution in [1.82, 2.24) is 4.90 Å². The molecule has 2 atom stereocenters. The zero-order valence-electron chi connectivity index (χ0n) is 12.1. The Morgan fingerprint density at radius 3 is 1.89 bits per heavy atom. The lowest BCUT2D eigenvalue weighted by Gasteiger charge is -2.38. The summed E-state index contributed by atoms with van der Waals surface area (Å²) in [7, 11) is 0. The Labute approximate surface area is 110 Å². The molecule has 0 spiro atoms. The number of carbonyl (C=O) groups is 1. The summed E-state index contributed by atoms with van der Waals surface area (Å²) in [4.78, 5) is 15.1. The molecule has 1 aliphatic carbocycles. The van der Waals surface area contributed by atoms with Crippen LogP contribution in [0.15, 0.2) is 0 Å². The van der Waals surface area contributed by atoms with Crippen LogP contribution in [-0.2, 0) is 4.79 Å². The van der Waals surface area contributed by atoms with Gasteiger partial charge in [0.2, 0.25) is 5.91 Å². The Hall–Kier alpha value is -0.570. The molecule has 0 aromatic rings. The van der Waals surface area contributed by atoms with Gasteiger partial charge in [-0.25, -0.2) is 0 Å². The molecule has 2 N–H and O–H groups in total. The van der Waals surface area contributed by atoms with Crippen LogP contribution in [0.5, 0.6) is 0 Å². The minimum Gasteiger partial charge on any atom is -0.336 e. The Kier molecular flexibility index (Phi) is 2.42. The summed E-state index contributed by atoms with van der Waals surface area (Å²) < 4.78 is 0. The highest BCUT2D eigenvalue weighted by Crippen LogP contribution is 2.69. The quantitative estimate of drug-likeness (QED) is 0.775. The lowest BCUT2D eigenvalue weighted by Crippen LogP contribution is -2.51. The van der Waals surface area contributed by atoms with Crippen LogP contribution in [0.25, 0.3) is 0 Å². The van der Waals surface area contributed by atoms with Gasteiger partial charge in [0, 0.05) is 24.0 Å². The van der Waals surface area contributed by atoms with Crippen molar-refractivity contribution in [2.24, 2.45) is 22.5 Å². The fraction of sp³-hybridized carbons (Fsp3) is 0.933. The predicted molar refractivity (Wildman–Crippen MR) is 71.9 cm³/mol. The summed E-state index contributed by atoms with van der Waals surface area (Å²) in [6.07, 6.45) is 4.35. The Morgan fingerprint density at radius 1 is 1.06 bits per heavy atom. The van der Waals surface area contributed by atoms with Crippen molar-refractivity contribution < 1.29 is 4.79 Å². The van der Waals surface area contributed by atoms with Gasteiger partial charge in [-0.2, -0.15) is 0 Å². The number of nitrogens with zero attached hydrogens (tertiary/aromatic N) is 1. The average molecular weight is 250 g/mol. The number of rotatable bonds is 1. The van der Waals surface area contributed by atoms with E-state index in [-0.39, 0.29) is 16.7 Å². The maximum Gasteiger partial charge on any atom is 0.227 e. The smallest absolute Gasteiger partial charge is 0.227 e. The molecule has 0 aromatic heterocycles. The maximum absolute atomic E-state index is 12.8. The summed E-state index contributed by atoms with van der Waals surface area (Å²) in [6, 6.07) is 1.17. The third-order valence-corrected chi connectivity index (χ3v) is 6.29. The number of nitrogens with two attached hydrogens (primary N) is 1. The number of piperidine rings is 1. The number of amides is 1. The van der Waals surface area contributed by atoms with Crippen LogP contribution in [0.1, 0.15) is 53.4 Å². The van der Waals surface area contributed by atoms with E-state index in [9.17, 15) is 4.79 Å². The molecule has 3 fully saturated rings. The van der Waals surface area contributed by atoms with E-state index in [4.69, 9.17) is 5.73 Å². The zero-order valence-corrected chi connectivity index (χ0v) is 12.1. The predicted octanol–water partition coefficient (Wildman–Crippen LogP) is 2.15. The van der Waals surface area contributed by atoms with Crippen molar-refractivity contribution in [3.63, 3.8) is 0 Å². The van der Waals surface area contributed by atoms with Gasteiger partial charge in [0.15, 0.2) is 0 Å². The Bertz CT molecular complexity index is 360. The fourth-order valence-corrected chi connectivity index (χ4v) is 4.54. The molecule has 3 rings (SSSR count). The molecule has 2 unspecified atom stereocenters. The molecule has 1 amide bonds. The summed E-state index contributed by atoms with van der Waals surface area (Å²) in [5.74, 6) is 0.617. The largest absolute Gasteiger partial charge is 0.336 e. The van der Waals surface area contributed by atoms with Crippen LogP contribution in [0.2, 0.25) is 0 Å². The molecule has 1 saturated carbocycles. The molecule has 2 saturated heterocycles. The van der Waals surface area contributed by atoms with Gasteiger partial charge in [-0.05, 0) is 36.5 Å². The maximum atomic E-state index is 12.8. The third-order valence-electron chi connectivity index (χ3n) is 6.29. The SMILES string of the molecule is CC1(C)C(C(=O)N2C3CCC2CC(N)C3)C1(C)C. The van der Waals surface area contributed by atoms with Gasteiger partial charge in [-0.3, -0.25) is 4.79 Å². The van der Waals surface area contributed by atoms with Gasteiger partial charge in [-0.15, -0.1) is 0 Å². The molecular formula is C15H26N2O. The molecule has 3 aliphatic rings. The second kappa shape index (κ2) is 3.50.